The van der Waals surface area contributed by atoms with E-state index in [2.05, 4.69) is 10.2 Å². The number of azo groups is 1. The highest BCUT2D eigenvalue weighted by molar-refractivity contribution is 7.73. The standard InChI is InChI=1S/C15H10ClN3O3S2/c16-9-3-1-8(2-4-9)11-5-10(17-18-11)6-12-14(22)19(7-13(20)21)15(23)24-12/h1-6,22H,7H2,(H,20,21). The summed E-state index contributed by atoms with van der Waals surface area (Å²) in [6.45, 7) is -0.391. The lowest BCUT2D eigenvalue weighted by Crippen LogP contribution is -2.07. The van der Waals surface area contributed by atoms with E-state index >= 15 is 0 Å². The van der Waals surface area contributed by atoms with Crippen LogP contribution in [0.4, 0.5) is 0 Å². The number of aromatic hydroxyl groups is 1. The van der Waals surface area contributed by atoms with Crippen LogP contribution in [0.1, 0.15) is 10.4 Å². The summed E-state index contributed by atoms with van der Waals surface area (Å²) in [5, 5.41) is 27.7. The average Bonchev–Trinajstić information content (AvgIpc) is 3.09. The molecule has 1 aliphatic heterocycles. The molecule has 1 aliphatic rings. The number of hydrogen-bond donors (Lipinski definition) is 2. The fourth-order valence-electron chi connectivity index (χ4n) is 2.06. The molecule has 0 radical (unpaired) electrons. The predicted octanol–water partition coefficient (Wildman–Crippen LogP) is 4.57. The zero-order chi connectivity index (χ0) is 17.3. The molecule has 0 fully saturated rings. The van der Waals surface area contributed by atoms with Crippen LogP contribution in [0, 0.1) is 3.95 Å². The molecule has 0 atom stereocenters. The number of rotatable bonds is 4. The number of benzene rings is 1. The monoisotopic (exact) mass is 379 g/mol. The van der Waals surface area contributed by atoms with Crippen LogP contribution in [-0.4, -0.2) is 20.7 Å². The van der Waals surface area contributed by atoms with Crippen LogP contribution >= 0.6 is 35.2 Å². The van der Waals surface area contributed by atoms with E-state index in [0.717, 1.165) is 21.5 Å². The van der Waals surface area contributed by atoms with Crippen LogP contribution in [0.15, 0.2) is 46.3 Å². The molecule has 0 aliphatic carbocycles. The number of carboxylic acids is 1. The Bertz CT molecular complexity index is 955. The van der Waals surface area contributed by atoms with Gasteiger partial charge in [0.2, 0.25) is 5.88 Å². The summed E-state index contributed by atoms with van der Waals surface area (Å²) in [5.41, 5.74) is 2.08. The van der Waals surface area contributed by atoms with Crippen molar-refractivity contribution in [3.8, 4) is 5.88 Å². The highest BCUT2D eigenvalue weighted by atomic mass is 35.5. The Labute approximate surface area is 150 Å². The summed E-state index contributed by atoms with van der Waals surface area (Å²) in [6, 6.07) is 7.19. The zero-order valence-corrected chi connectivity index (χ0v) is 14.4. The van der Waals surface area contributed by atoms with E-state index in [1.54, 1.807) is 24.3 Å². The molecule has 1 aromatic heterocycles. The van der Waals surface area contributed by atoms with Gasteiger partial charge in [0.05, 0.1) is 16.3 Å². The van der Waals surface area contributed by atoms with Crippen LogP contribution in [-0.2, 0) is 11.3 Å². The van der Waals surface area contributed by atoms with Gasteiger partial charge in [-0.1, -0.05) is 23.7 Å². The van der Waals surface area contributed by atoms with Crippen molar-refractivity contribution in [2.75, 3.05) is 0 Å². The lowest BCUT2D eigenvalue weighted by molar-refractivity contribution is -0.137. The number of carbonyl (C=O) groups is 1. The van der Waals surface area contributed by atoms with Gasteiger partial charge < -0.3 is 10.2 Å². The molecule has 0 bridgehead atoms. The van der Waals surface area contributed by atoms with Gasteiger partial charge in [-0.3, -0.25) is 9.36 Å². The minimum atomic E-state index is -1.08. The third-order valence-corrected chi connectivity index (χ3v) is 4.80. The van der Waals surface area contributed by atoms with Crippen molar-refractivity contribution in [2.45, 2.75) is 6.54 Å². The maximum atomic E-state index is 10.8. The minimum Gasteiger partial charge on any atom is -0.493 e. The Morgan fingerprint density at radius 1 is 1.33 bits per heavy atom. The minimum absolute atomic E-state index is 0.191. The van der Waals surface area contributed by atoms with E-state index in [1.165, 1.54) is 0 Å². The molecule has 6 nitrogen and oxygen atoms in total. The van der Waals surface area contributed by atoms with Gasteiger partial charge in [-0.25, -0.2) is 0 Å². The zero-order valence-electron chi connectivity index (χ0n) is 12.0. The molecule has 2 heterocycles. The second-order valence-corrected chi connectivity index (χ2v) is 6.95. The highest BCUT2D eigenvalue weighted by Gasteiger charge is 2.15. The number of allylic oxidation sites excluding steroid dienone is 1. The van der Waals surface area contributed by atoms with Crippen LogP contribution in [0.5, 0.6) is 5.88 Å². The first-order chi connectivity index (χ1) is 11.4. The van der Waals surface area contributed by atoms with Crippen LogP contribution in [0.3, 0.4) is 0 Å². The number of aromatic nitrogens is 1. The Morgan fingerprint density at radius 2 is 2.04 bits per heavy atom. The van der Waals surface area contributed by atoms with Crippen molar-refractivity contribution in [1.29, 1.82) is 0 Å². The molecule has 1 aromatic carbocycles. The van der Waals surface area contributed by atoms with Gasteiger partial charge >= 0.3 is 5.97 Å². The number of carboxylic acid groups (broad SMARTS) is 1. The third-order valence-electron chi connectivity index (χ3n) is 3.16. The number of thiazole rings is 1. The van der Waals surface area contributed by atoms with Crippen molar-refractivity contribution in [3.05, 3.63) is 55.5 Å². The van der Waals surface area contributed by atoms with Gasteiger partial charge in [-0.05, 0) is 36.5 Å². The molecule has 0 saturated carbocycles. The molecular formula is C15H10ClN3O3S2. The number of nitrogens with zero attached hydrogens (tertiary/aromatic N) is 3. The molecule has 2 aromatic rings. The Hall–Kier alpha value is -2.29. The summed E-state index contributed by atoms with van der Waals surface area (Å²) < 4.78 is 1.43. The predicted molar refractivity (Wildman–Crippen MR) is 94.7 cm³/mol. The van der Waals surface area contributed by atoms with Crippen molar-refractivity contribution in [2.24, 2.45) is 10.2 Å². The first kappa shape index (κ1) is 16.6. The normalized spacial score (nSPS) is 15.0. The van der Waals surface area contributed by atoms with Crippen LogP contribution in [0.2, 0.25) is 5.02 Å². The van der Waals surface area contributed by atoms with E-state index in [4.69, 9.17) is 28.9 Å². The van der Waals surface area contributed by atoms with E-state index in [0.29, 0.717) is 21.3 Å². The molecular weight excluding hydrogens is 370 g/mol. The van der Waals surface area contributed by atoms with E-state index < -0.39 is 12.5 Å². The fourth-order valence-corrected chi connectivity index (χ4v) is 3.44. The van der Waals surface area contributed by atoms with Gasteiger partial charge in [0, 0.05) is 10.6 Å². The van der Waals surface area contributed by atoms with Crippen molar-refractivity contribution < 1.29 is 15.0 Å². The van der Waals surface area contributed by atoms with Crippen LogP contribution < -0.4 is 0 Å². The van der Waals surface area contributed by atoms with Gasteiger partial charge in [0.1, 0.15) is 6.54 Å². The molecule has 2 N–H and O–H groups in total. The molecule has 0 unspecified atom stereocenters. The maximum Gasteiger partial charge on any atom is 0.323 e. The summed E-state index contributed by atoms with van der Waals surface area (Å²) >= 11 is 12.0. The molecule has 0 amide bonds. The molecule has 9 heteroatoms. The summed E-state index contributed by atoms with van der Waals surface area (Å²) in [5.74, 6) is -1.27. The number of halogens is 1. The summed E-state index contributed by atoms with van der Waals surface area (Å²) in [6.07, 6.45) is 3.37. The molecule has 3 rings (SSSR count). The quantitative estimate of drug-likeness (QED) is 0.761. The van der Waals surface area contributed by atoms with E-state index in [1.807, 2.05) is 12.1 Å². The van der Waals surface area contributed by atoms with Crippen molar-refractivity contribution >= 4 is 52.9 Å². The van der Waals surface area contributed by atoms with Crippen molar-refractivity contribution in [3.63, 3.8) is 0 Å². The molecule has 0 spiro atoms. The largest absolute Gasteiger partial charge is 0.493 e. The molecule has 0 saturated heterocycles. The van der Waals surface area contributed by atoms with Gasteiger partial charge in [-0.15, -0.1) is 16.5 Å². The first-order valence-corrected chi connectivity index (χ1v) is 8.30. The summed E-state index contributed by atoms with van der Waals surface area (Å²) in [7, 11) is 0. The van der Waals surface area contributed by atoms with Crippen LogP contribution in [0.25, 0.3) is 11.8 Å². The van der Waals surface area contributed by atoms with E-state index in [9.17, 15) is 9.90 Å². The first-order valence-electron chi connectivity index (χ1n) is 6.69. The molecule has 122 valence electrons. The average molecular weight is 380 g/mol. The SMILES string of the molecule is O=C(O)Cn1c(O)c(C=C2C=C(c3ccc(Cl)cc3)N=N2)sc1=S. The highest BCUT2D eigenvalue weighted by Crippen LogP contribution is 2.32. The topological polar surface area (TPSA) is 87.2 Å². The van der Waals surface area contributed by atoms with E-state index in [-0.39, 0.29) is 9.83 Å². The number of hydrogen-bond acceptors (Lipinski definition) is 6. The van der Waals surface area contributed by atoms with Crippen molar-refractivity contribution in [1.82, 2.24) is 4.57 Å². The Kier molecular flexibility index (Phi) is 4.61. The summed E-state index contributed by atoms with van der Waals surface area (Å²) in [4.78, 5) is 11.2. The van der Waals surface area contributed by atoms with Gasteiger partial charge in [0.15, 0.2) is 3.95 Å². The second-order valence-electron chi connectivity index (χ2n) is 4.84. The lowest BCUT2D eigenvalue weighted by Gasteiger charge is -1.99. The lowest BCUT2D eigenvalue weighted by atomic mass is 10.1. The van der Waals surface area contributed by atoms with Gasteiger partial charge in [-0.2, -0.15) is 5.11 Å². The smallest absolute Gasteiger partial charge is 0.323 e. The maximum absolute atomic E-state index is 10.8. The number of aliphatic carboxylic acids is 1. The third kappa shape index (κ3) is 3.45. The molecule has 24 heavy (non-hydrogen) atoms. The Morgan fingerprint density at radius 3 is 2.71 bits per heavy atom. The fraction of sp³-hybridized carbons (Fsp3) is 0.0667. The second kappa shape index (κ2) is 6.68. The van der Waals surface area contributed by atoms with Gasteiger partial charge in [0.25, 0.3) is 0 Å². The Balaban J connectivity index is 1.91.